The molecule has 0 spiro atoms. The Bertz CT molecular complexity index is 1470. The largest absolute Gasteiger partial charge is 0.495 e. The van der Waals surface area contributed by atoms with Crippen LogP contribution < -0.4 is 14.4 Å². The Balaban J connectivity index is 2.04. The zero-order valence-electron chi connectivity index (χ0n) is 23.6. The van der Waals surface area contributed by atoms with E-state index in [2.05, 4.69) is 5.32 Å². The number of nitrogens with one attached hydrogen (secondary N) is 1. The van der Waals surface area contributed by atoms with Crippen molar-refractivity contribution in [3.05, 3.63) is 87.9 Å². The highest BCUT2D eigenvalue weighted by Gasteiger charge is 2.32. The van der Waals surface area contributed by atoms with Crippen molar-refractivity contribution in [3.63, 3.8) is 0 Å². The minimum Gasteiger partial charge on any atom is -0.495 e. The van der Waals surface area contributed by atoms with Crippen molar-refractivity contribution < 1.29 is 22.7 Å². The fourth-order valence-electron chi connectivity index (χ4n) is 4.13. The van der Waals surface area contributed by atoms with E-state index in [-0.39, 0.29) is 28.1 Å². The number of unbranched alkanes of at least 4 members (excludes halogenated alkanes) is 1. The second kappa shape index (κ2) is 14.6. The molecule has 3 aromatic rings. The highest BCUT2D eigenvalue weighted by atomic mass is 35.5. The quantitative estimate of drug-likeness (QED) is 0.243. The summed E-state index contributed by atoms with van der Waals surface area (Å²) in [4.78, 5) is 28.4. The van der Waals surface area contributed by atoms with Crippen molar-refractivity contribution in [2.45, 2.75) is 51.1 Å². The molecule has 0 aliphatic rings. The molecule has 0 fully saturated rings. The van der Waals surface area contributed by atoms with Crippen molar-refractivity contribution in [1.29, 1.82) is 0 Å². The number of methoxy groups -OCH3 is 1. The summed E-state index contributed by atoms with van der Waals surface area (Å²) in [6.07, 6.45) is 1.69. The van der Waals surface area contributed by atoms with Crippen molar-refractivity contribution in [3.8, 4) is 5.75 Å². The lowest BCUT2D eigenvalue weighted by Gasteiger charge is -2.32. The topological polar surface area (TPSA) is 96.0 Å². The van der Waals surface area contributed by atoms with Gasteiger partial charge in [-0.05, 0) is 68.3 Å². The van der Waals surface area contributed by atoms with Gasteiger partial charge in [0.2, 0.25) is 11.8 Å². The number of ether oxygens (including phenoxy) is 1. The molecule has 0 radical (unpaired) electrons. The number of halogens is 2. The van der Waals surface area contributed by atoms with E-state index >= 15 is 0 Å². The maximum absolute atomic E-state index is 14.0. The molecular weight excluding hydrogens is 585 g/mol. The average molecular weight is 621 g/mol. The van der Waals surface area contributed by atoms with Crippen LogP contribution in [0.5, 0.6) is 5.75 Å². The summed E-state index contributed by atoms with van der Waals surface area (Å²) in [6.45, 7) is 5.42. The lowest BCUT2D eigenvalue weighted by Crippen LogP contribution is -2.51. The van der Waals surface area contributed by atoms with Crippen LogP contribution in [0.4, 0.5) is 5.69 Å². The van der Waals surface area contributed by atoms with Gasteiger partial charge in [0, 0.05) is 18.1 Å². The smallest absolute Gasteiger partial charge is 0.264 e. The van der Waals surface area contributed by atoms with E-state index < -0.39 is 28.5 Å². The highest BCUT2D eigenvalue weighted by molar-refractivity contribution is 7.92. The predicted molar refractivity (Wildman–Crippen MR) is 163 cm³/mol. The maximum Gasteiger partial charge on any atom is 0.264 e. The van der Waals surface area contributed by atoms with Crippen LogP contribution in [0.15, 0.2) is 71.6 Å². The number of amides is 2. The van der Waals surface area contributed by atoms with Crippen LogP contribution in [-0.2, 0) is 26.2 Å². The minimum atomic E-state index is -4.21. The first-order valence-electron chi connectivity index (χ1n) is 13.2. The van der Waals surface area contributed by atoms with Gasteiger partial charge in [0.25, 0.3) is 10.0 Å². The van der Waals surface area contributed by atoms with E-state index in [1.165, 1.54) is 42.3 Å². The number of carbonyl (C=O) groups is 2. The number of sulfonamides is 1. The van der Waals surface area contributed by atoms with E-state index in [4.69, 9.17) is 27.9 Å². The fraction of sp³-hybridized carbons (Fsp3) is 0.333. The third kappa shape index (κ3) is 8.38. The van der Waals surface area contributed by atoms with Gasteiger partial charge >= 0.3 is 0 Å². The molecule has 3 aromatic carbocycles. The van der Waals surface area contributed by atoms with Gasteiger partial charge in [-0.25, -0.2) is 8.42 Å². The summed E-state index contributed by atoms with van der Waals surface area (Å²) in [7, 11) is -2.76. The number of hydrogen-bond donors (Lipinski definition) is 1. The normalized spacial score (nSPS) is 12.0. The molecule has 1 unspecified atom stereocenters. The first-order chi connectivity index (χ1) is 19.5. The van der Waals surface area contributed by atoms with Gasteiger partial charge in [-0.2, -0.15) is 0 Å². The van der Waals surface area contributed by atoms with Crippen LogP contribution in [0.2, 0.25) is 10.0 Å². The molecule has 0 saturated carbocycles. The van der Waals surface area contributed by atoms with Gasteiger partial charge in [0.15, 0.2) is 0 Å². The van der Waals surface area contributed by atoms with Crippen molar-refractivity contribution in [1.82, 2.24) is 10.2 Å². The average Bonchev–Trinajstić information content (AvgIpc) is 2.94. The van der Waals surface area contributed by atoms with Gasteiger partial charge in [-0.1, -0.05) is 66.4 Å². The molecule has 1 atom stereocenters. The van der Waals surface area contributed by atoms with E-state index in [1.54, 1.807) is 43.3 Å². The van der Waals surface area contributed by atoms with Gasteiger partial charge in [0.1, 0.15) is 18.3 Å². The van der Waals surface area contributed by atoms with Crippen LogP contribution in [-0.4, -0.2) is 51.4 Å². The molecule has 0 heterocycles. The van der Waals surface area contributed by atoms with Crippen LogP contribution in [0, 0.1) is 6.92 Å². The number of benzene rings is 3. The molecule has 0 saturated heterocycles. The summed E-state index contributed by atoms with van der Waals surface area (Å²) < 4.78 is 34.1. The Morgan fingerprint density at radius 3 is 2.34 bits per heavy atom. The molecule has 0 aromatic heterocycles. The highest BCUT2D eigenvalue weighted by Crippen LogP contribution is 2.32. The molecule has 8 nitrogen and oxygen atoms in total. The lowest BCUT2D eigenvalue weighted by atomic mass is 10.1. The Kier molecular flexibility index (Phi) is 11.5. The van der Waals surface area contributed by atoms with E-state index in [9.17, 15) is 18.0 Å². The third-order valence-corrected chi connectivity index (χ3v) is 8.87. The standard InChI is InChI=1S/C30H35Cl2N3O5S/c1-5-6-16-33-30(37)22(3)34(19-23-8-7-9-24(31)17-23)29(36)20-35(25-12-15-28(40-4)27(32)18-25)41(38,39)26-13-10-21(2)11-14-26/h7-15,17-18,22H,5-6,16,19-20H2,1-4H3,(H,33,37). The number of anilines is 1. The predicted octanol–water partition coefficient (Wildman–Crippen LogP) is 5.84. The SMILES string of the molecule is CCCCNC(=O)C(C)N(Cc1cccc(Cl)c1)C(=O)CN(c1ccc(OC)c(Cl)c1)S(=O)(=O)c1ccc(C)cc1. The molecule has 0 aliphatic carbocycles. The van der Waals surface area contributed by atoms with Gasteiger partial charge in [0.05, 0.1) is 22.7 Å². The summed E-state index contributed by atoms with van der Waals surface area (Å²) >= 11 is 12.5. The van der Waals surface area contributed by atoms with Crippen LogP contribution in [0.1, 0.15) is 37.8 Å². The summed E-state index contributed by atoms with van der Waals surface area (Å²) in [5.74, 6) is -0.561. The van der Waals surface area contributed by atoms with Crippen LogP contribution in [0.3, 0.4) is 0 Å². The Morgan fingerprint density at radius 2 is 1.73 bits per heavy atom. The molecule has 41 heavy (non-hydrogen) atoms. The molecule has 11 heteroatoms. The first kappa shape index (κ1) is 32.2. The Morgan fingerprint density at radius 1 is 1.02 bits per heavy atom. The summed E-state index contributed by atoms with van der Waals surface area (Å²) in [5.41, 5.74) is 1.75. The molecule has 3 rings (SSSR count). The van der Waals surface area contributed by atoms with Crippen molar-refractivity contribution in [2.24, 2.45) is 0 Å². The lowest BCUT2D eigenvalue weighted by molar-refractivity contribution is -0.139. The number of nitrogens with zero attached hydrogens (tertiary/aromatic N) is 2. The zero-order valence-corrected chi connectivity index (χ0v) is 25.9. The third-order valence-electron chi connectivity index (χ3n) is 6.55. The van der Waals surface area contributed by atoms with Crippen LogP contribution in [0.25, 0.3) is 0 Å². The second-order valence-electron chi connectivity index (χ2n) is 9.62. The second-order valence-corrected chi connectivity index (χ2v) is 12.3. The maximum atomic E-state index is 14.0. The molecule has 2 amide bonds. The van der Waals surface area contributed by atoms with Gasteiger partial charge in [-0.3, -0.25) is 13.9 Å². The van der Waals surface area contributed by atoms with Gasteiger partial charge in [-0.15, -0.1) is 0 Å². The summed E-state index contributed by atoms with van der Waals surface area (Å²) in [5, 5.41) is 3.52. The Hall–Kier alpha value is -3.27. The molecule has 0 bridgehead atoms. The zero-order chi connectivity index (χ0) is 30.2. The fourth-order valence-corrected chi connectivity index (χ4v) is 6.00. The first-order valence-corrected chi connectivity index (χ1v) is 15.4. The molecule has 220 valence electrons. The van der Waals surface area contributed by atoms with E-state index in [0.717, 1.165) is 22.7 Å². The van der Waals surface area contributed by atoms with E-state index in [0.29, 0.717) is 22.9 Å². The number of hydrogen-bond acceptors (Lipinski definition) is 5. The molecule has 0 aliphatic heterocycles. The Labute approximate surface area is 252 Å². The molecular formula is C30H35Cl2N3O5S. The van der Waals surface area contributed by atoms with Crippen molar-refractivity contribution >= 4 is 50.7 Å². The number of aryl methyl sites for hydroxylation is 1. The van der Waals surface area contributed by atoms with Gasteiger partial charge < -0.3 is 15.0 Å². The van der Waals surface area contributed by atoms with E-state index in [1.807, 2.05) is 13.8 Å². The minimum absolute atomic E-state index is 0.00888. The summed E-state index contributed by atoms with van der Waals surface area (Å²) in [6, 6.07) is 16.9. The number of rotatable bonds is 13. The number of carbonyl (C=O) groups excluding carboxylic acids is 2. The van der Waals surface area contributed by atoms with Crippen molar-refractivity contribution in [2.75, 3.05) is 24.5 Å². The molecule has 1 N–H and O–H groups in total. The monoisotopic (exact) mass is 619 g/mol. The van der Waals surface area contributed by atoms with Crippen LogP contribution >= 0.6 is 23.2 Å².